The first-order chi connectivity index (χ1) is 23.6. The van der Waals surface area contributed by atoms with Crippen LogP contribution in [0.25, 0.3) is 0 Å². The van der Waals surface area contributed by atoms with Gasteiger partial charge in [-0.15, -0.1) is 0 Å². The fourth-order valence-corrected chi connectivity index (χ4v) is 6.55. The maximum absolute atomic E-state index is 13.6. The van der Waals surface area contributed by atoms with Crippen LogP contribution in [0.15, 0.2) is 24.3 Å². The summed E-state index contributed by atoms with van der Waals surface area (Å²) in [7, 11) is 0. The van der Waals surface area contributed by atoms with Gasteiger partial charge in [0.15, 0.2) is 25.0 Å². The average Bonchev–Trinajstić information content (AvgIpc) is 3.40. The molecule has 20 nitrogen and oxygen atoms in total. The molecule has 19 atom stereocenters. The van der Waals surface area contributed by atoms with Crippen LogP contribution in [0.1, 0.15) is 18.9 Å². The van der Waals surface area contributed by atoms with Crippen molar-refractivity contribution in [2.45, 2.75) is 136 Å². The molecular weight excluding hydrogens is 666 g/mol. The van der Waals surface area contributed by atoms with E-state index < -0.39 is 122 Å². The minimum Gasteiger partial charge on any atom is -0.399 e. The van der Waals surface area contributed by atoms with Crippen LogP contribution in [0.2, 0.25) is 0 Å². The number of aliphatic hydroxyl groups is 6. The van der Waals surface area contributed by atoms with Crippen molar-refractivity contribution in [3.63, 3.8) is 0 Å². The lowest BCUT2D eigenvalue weighted by atomic mass is 9.84. The average molecular weight is 718 g/mol. The zero-order chi connectivity index (χ0) is 36.6. The van der Waals surface area contributed by atoms with Gasteiger partial charge in [-0.1, -0.05) is 12.1 Å². The molecule has 0 aromatic heterocycles. The van der Waals surface area contributed by atoms with Crippen molar-refractivity contribution in [3.8, 4) is 0 Å². The predicted octanol–water partition coefficient (Wildman–Crippen LogP) is -6.93. The Morgan fingerprint density at radius 2 is 1.32 bits per heavy atom. The molecule has 0 unspecified atom stereocenters. The van der Waals surface area contributed by atoms with E-state index in [4.69, 9.17) is 62.8 Å². The van der Waals surface area contributed by atoms with Gasteiger partial charge >= 0.3 is 0 Å². The summed E-state index contributed by atoms with van der Waals surface area (Å²) in [6, 6.07) is 2.37. The minimum atomic E-state index is -1.76. The zero-order valence-electron chi connectivity index (χ0n) is 27.4. The molecule has 1 saturated carbocycles. The van der Waals surface area contributed by atoms with Gasteiger partial charge in [-0.05, 0) is 31.0 Å². The highest BCUT2D eigenvalue weighted by molar-refractivity contribution is 5.82. The molecule has 1 aromatic carbocycles. The Morgan fingerprint density at radius 3 is 1.96 bits per heavy atom. The second kappa shape index (κ2) is 16.2. The molecule has 3 heterocycles. The molecule has 4 aliphatic rings. The second-order valence-corrected chi connectivity index (χ2v) is 13.3. The van der Waals surface area contributed by atoms with Crippen molar-refractivity contribution in [3.05, 3.63) is 29.8 Å². The maximum atomic E-state index is 13.6. The number of nitrogens with one attached hydrogen (secondary N) is 1. The molecular formula is C30H51N7O13. The molecule has 20 heteroatoms. The topological polar surface area (TPSA) is 362 Å². The van der Waals surface area contributed by atoms with Gasteiger partial charge in [0.2, 0.25) is 0 Å². The van der Waals surface area contributed by atoms with Crippen molar-refractivity contribution < 1.29 is 63.9 Å². The lowest BCUT2D eigenvalue weighted by Crippen LogP contribution is -2.67. The third kappa shape index (κ3) is 8.06. The largest absolute Gasteiger partial charge is 0.399 e. The molecule has 4 fully saturated rings. The van der Waals surface area contributed by atoms with Crippen LogP contribution < -0.4 is 39.7 Å². The summed E-state index contributed by atoms with van der Waals surface area (Å²) in [5.41, 5.74) is 37.4. The van der Waals surface area contributed by atoms with E-state index in [9.17, 15) is 35.4 Å². The Hall–Kier alpha value is -2.19. The highest BCUT2D eigenvalue weighted by Gasteiger charge is 2.55. The molecule has 19 N–H and O–H groups in total. The van der Waals surface area contributed by atoms with E-state index >= 15 is 0 Å². The zero-order valence-corrected chi connectivity index (χ0v) is 27.4. The fraction of sp³-hybridized carbons (Fsp3) is 0.767. The lowest BCUT2D eigenvalue weighted by Gasteiger charge is -2.47. The summed E-state index contributed by atoms with van der Waals surface area (Å²) in [5, 5.41) is 66.9. The SMILES string of the molecule is C[C@H]1O[C@H](O[C@H]2[C@H](O[C@@H]3O[C@H](C(=O)NCc4ccc(N)cc4)[C@@H](O[C@H]4O[C@@H](CN)[C@@H](O)[C@H](O)[C@H]4N)[C@H]3O)[C@@H](O)[C@H](N)C[C@@H]2N)[C@H](N)[C@@H](O)[C@@H]1O. The Labute approximate surface area is 287 Å². The van der Waals surface area contributed by atoms with Crippen molar-refractivity contribution >= 4 is 11.6 Å². The monoisotopic (exact) mass is 717 g/mol. The normalized spacial score (nSPS) is 46.8. The number of anilines is 1. The van der Waals surface area contributed by atoms with Crippen LogP contribution >= 0.6 is 0 Å². The van der Waals surface area contributed by atoms with Gasteiger partial charge in [-0.3, -0.25) is 4.79 Å². The molecule has 5 rings (SSSR count). The third-order valence-corrected chi connectivity index (χ3v) is 9.71. The number of nitrogens with two attached hydrogens (primary N) is 6. The predicted molar refractivity (Wildman–Crippen MR) is 171 cm³/mol. The Bertz CT molecular complexity index is 1270. The molecule has 1 aliphatic carbocycles. The summed E-state index contributed by atoms with van der Waals surface area (Å²) in [6.45, 7) is 1.33. The van der Waals surface area contributed by atoms with Crippen LogP contribution in [0.3, 0.4) is 0 Å². The van der Waals surface area contributed by atoms with Crippen LogP contribution in [0, 0.1) is 0 Å². The summed E-state index contributed by atoms with van der Waals surface area (Å²) in [4.78, 5) is 13.6. The molecule has 3 saturated heterocycles. The highest BCUT2D eigenvalue weighted by Crippen LogP contribution is 2.34. The van der Waals surface area contributed by atoms with E-state index in [0.29, 0.717) is 11.3 Å². The lowest BCUT2D eigenvalue weighted by molar-refractivity contribution is -0.305. The standard InChI is InChI=1S/C30H51N7O13/c1-9-17(38)20(41)15(35)28(45-9)47-23-13(34)6-12(33)18(39)24(23)49-30-22(43)25(48-29-16(36)21(42)19(40)14(7-31)46-29)26(50-30)27(44)37-8-10-2-4-11(32)5-3-10/h2-5,9,12-26,28-30,38-43H,6-8,31-36H2,1H3,(H,37,44)/t9-,12-,13+,14+,15-,16-,17-,18+,19-,20-,21-,22-,23-,24-,25+,26+,28-,29-,30-/m1/s1. The summed E-state index contributed by atoms with van der Waals surface area (Å²) in [6.07, 6.45) is -20.9. The van der Waals surface area contributed by atoms with Gasteiger partial charge in [-0.25, -0.2) is 0 Å². The van der Waals surface area contributed by atoms with Crippen molar-refractivity contribution in [2.75, 3.05) is 12.3 Å². The number of rotatable bonds is 10. The van der Waals surface area contributed by atoms with E-state index in [-0.39, 0.29) is 19.5 Å². The number of benzene rings is 1. The van der Waals surface area contributed by atoms with Gasteiger partial charge in [-0.2, -0.15) is 0 Å². The Morgan fingerprint density at radius 1 is 0.740 bits per heavy atom. The van der Waals surface area contributed by atoms with E-state index in [1.807, 2.05) is 0 Å². The number of hydrogen-bond acceptors (Lipinski definition) is 19. The molecule has 284 valence electrons. The Balaban J connectivity index is 1.38. The number of hydrogen-bond donors (Lipinski definition) is 13. The van der Waals surface area contributed by atoms with E-state index in [1.165, 1.54) is 6.92 Å². The van der Waals surface area contributed by atoms with Gasteiger partial charge in [0.05, 0.1) is 24.3 Å². The minimum absolute atomic E-state index is 0.0362. The Kier molecular flexibility index (Phi) is 12.7. The van der Waals surface area contributed by atoms with Gasteiger partial charge in [0.1, 0.15) is 54.9 Å². The van der Waals surface area contributed by atoms with Crippen LogP contribution in [-0.4, -0.2) is 159 Å². The molecule has 1 amide bonds. The molecule has 0 bridgehead atoms. The quantitative estimate of drug-likeness (QED) is 0.1000. The summed E-state index contributed by atoms with van der Waals surface area (Å²) >= 11 is 0. The molecule has 0 radical (unpaired) electrons. The van der Waals surface area contributed by atoms with E-state index in [1.54, 1.807) is 24.3 Å². The molecule has 50 heavy (non-hydrogen) atoms. The first kappa shape index (κ1) is 39.0. The van der Waals surface area contributed by atoms with Gasteiger partial charge in [0, 0.05) is 30.9 Å². The first-order valence-corrected chi connectivity index (χ1v) is 16.5. The number of amides is 1. The number of carbonyl (C=O) groups excluding carboxylic acids is 1. The third-order valence-electron chi connectivity index (χ3n) is 9.71. The smallest absolute Gasteiger partial charge is 0.252 e. The molecule has 0 spiro atoms. The number of aliphatic hydroxyl groups excluding tert-OH is 6. The summed E-state index contributed by atoms with van der Waals surface area (Å²) < 4.78 is 35.4. The van der Waals surface area contributed by atoms with Crippen LogP contribution in [0.4, 0.5) is 5.69 Å². The fourth-order valence-electron chi connectivity index (χ4n) is 6.55. The number of carbonyl (C=O) groups is 1. The van der Waals surface area contributed by atoms with E-state index in [2.05, 4.69) is 5.32 Å². The molecule has 3 aliphatic heterocycles. The number of ether oxygens (including phenoxy) is 6. The van der Waals surface area contributed by atoms with Crippen molar-refractivity contribution in [2.24, 2.45) is 28.7 Å². The van der Waals surface area contributed by atoms with Crippen LogP contribution in [-0.2, 0) is 39.8 Å². The first-order valence-electron chi connectivity index (χ1n) is 16.5. The van der Waals surface area contributed by atoms with Crippen molar-refractivity contribution in [1.29, 1.82) is 0 Å². The van der Waals surface area contributed by atoms with Gasteiger partial charge in [0.25, 0.3) is 5.91 Å². The van der Waals surface area contributed by atoms with E-state index in [0.717, 1.165) is 0 Å². The van der Waals surface area contributed by atoms with Crippen molar-refractivity contribution in [1.82, 2.24) is 5.32 Å². The van der Waals surface area contributed by atoms with Gasteiger partial charge < -0.3 is 98.8 Å². The highest BCUT2D eigenvalue weighted by atomic mass is 16.8. The summed E-state index contributed by atoms with van der Waals surface area (Å²) in [5.74, 6) is -0.745. The second-order valence-electron chi connectivity index (χ2n) is 13.3. The van der Waals surface area contributed by atoms with Crippen LogP contribution in [0.5, 0.6) is 0 Å². The maximum Gasteiger partial charge on any atom is 0.252 e. The number of nitrogen functional groups attached to an aromatic ring is 1. The molecule has 1 aromatic rings.